The molecule has 0 N–H and O–H groups in total. The van der Waals surface area contributed by atoms with E-state index in [0.29, 0.717) is 6.10 Å². The van der Waals surface area contributed by atoms with E-state index < -0.39 is 0 Å². The number of benzene rings is 1. The molecule has 0 bridgehead atoms. The monoisotopic (exact) mass is 332 g/mol. The second-order valence-corrected chi connectivity index (χ2v) is 7.11. The molecule has 1 unspecified atom stereocenters. The van der Waals surface area contributed by atoms with E-state index in [-0.39, 0.29) is 0 Å². The minimum Gasteiger partial charge on any atom is -0.378 e. The maximum absolute atomic E-state index is 6.08. The molecular weight excluding hydrogens is 292 g/mol. The second kappa shape index (κ2) is 15.7. The number of rotatable bonds is 16. The zero-order valence-corrected chi connectivity index (χ0v) is 16.3. The SMILES string of the molecule is CCCCCCCCCCCCC(CC)OCCc1ccccc1. The van der Waals surface area contributed by atoms with Crippen LogP contribution in [-0.4, -0.2) is 12.7 Å². The van der Waals surface area contributed by atoms with Crippen LogP contribution in [-0.2, 0) is 11.2 Å². The van der Waals surface area contributed by atoms with Crippen molar-refractivity contribution in [3.05, 3.63) is 35.9 Å². The van der Waals surface area contributed by atoms with Gasteiger partial charge in [-0.15, -0.1) is 0 Å². The van der Waals surface area contributed by atoms with E-state index in [4.69, 9.17) is 4.74 Å². The molecule has 1 aromatic rings. The summed E-state index contributed by atoms with van der Waals surface area (Å²) in [6.45, 7) is 5.40. The first kappa shape index (κ1) is 21.2. The van der Waals surface area contributed by atoms with Crippen LogP contribution in [0, 0.1) is 0 Å². The number of unbranched alkanes of at least 4 members (excludes halogenated alkanes) is 9. The predicted octanol–water partition coefficient (Wildman–Crippen LogP) is 7.34. The Bertz CT molecular complexity index is 360. The van der Waals surface area contributed by atoms with Gasteiger partial charge in [0, 0.05) is 0 Å². The highest BCUT2D eigenvalue weighted by molar-refractivity contribution is 5.14. The molecule has 0 amide bonds. The molecule has 138 valence electrons. The topological polar surface area (TPSA) is 9.23 Å². The van der Waals surface area contributed by atoms with Crippen molar-refractivity contribution in [2.75, 3.05) is 6.61 Å². The van der Waals surface area contributed by atoms with Gasteiger partial charge in [-0.1, -0.05) is 108 Å². The molecule has 24 heavy (non-hydrogen) atoms. The van der Waals surface area contributed by atoms with E-state index in [1.54, 1.807) is 0 Å². The van der Waals surface area contributed by atoms with Crippen LogP contribution in [0.5, 0.6) is 0 Å². The van der Waals surface area contributed by atoms with Gasteiger partial charge in [0.15, 0.2) is 0 Å². The van der Waals surface area contributed by atoms with Crippen molar-refractivity contribution in [1.29, 1.82) is 0 Å². The van der Waals surface area contributed by atoms with E-state index in [1.807, 2.05) is 0 Å². The van der Waals surface area contributed by atoms with Gasteiger partial charge in [-0.05, 0) is 24.8 Å². The maximum atomic E-state index is 6.08. The standard InChI is InChI=1S/C23H40O/c1-3-5-6-7-8-9-10-11-12-16-19-23(4-2)24-21-20-22-17-14-13-15-18-22/h13-15,17-18,23H,3-12,16,19-21H2,1-2H3. The summed E-state index contributed by atoms with van der Waals surface area (Å²) in [7, 11) is 0. The molecule has 1 heteroatoms. The third kappa shape index (κ3) is 11.7. The largest absolute Gasteiger partial charge is 0.378 e. The first-order valence-electron chi connectivity index (χ1n) is 10.5. The van der Waals surface area contributed by atoms with Crippen molar-refractivity contribution >= 4 is 0 Å². The highest BCUT2D eigenvalue weighted by Gasteiger charge is 2.06. The van der Waals surface area contributed by atoms with Gasteiger partial charge in [0.05, 0.1) is 12.7 Å². The number of ether oxygens (including phenoxy) is 1. The molecule has 0 aliphatic rings. The fourth-order valence-electron chi connectivity index (χ4n) is 3.25. The lowest BCUT2D eigenvalue weighted by molar-refractivity contribution is 0.0452. The van der Waals surface area contributed by atoms with Crippen LogP contribution in [0.4, 0.5) is 0 Å². The van der Waals surface area contributed by atoms with E-state index in [2.05, 4.69) is 44.2 Å². The first-order chi connectivity index (χ1) is 11.9. The molecule has 0 radical (unpaired) electrons. The highest BCUT2D eigenvalue weighted by atomic mass is 16.5. The fraction of sp³-hybridized carbons (Fsp3) is 0.739. The van der Waals surface area contributed by atoms with Crippen molar-refractivity contribution in [2.24, 2.45) is 0 Å². The molecule has 1 aromatic carbocycles. The van der Waals surface area contributed by atoms with E-state index >= 15 is 0 Å². The van der Waals surface area contributed by atoms with E-state index in [1.165, 1.54) is 76.2 Å². The zero-order valence-electron chi connectivity index (χ0n) is 16.3. The molecule has 0 saturated carbocycles. The Kier molecular flexibility index (Phi) is 13.9. The maximum Gasteiger partial charge on any atom is 0.0572 e. The summed E-state index contributed by atoms with van der Waals surface area (Å²) in [5.74, 6) is 0. The van der Waals surface area contributed by atoms with Gasteiger partial charge in [-0.2, -0.15) is 0 Å². The van der Waals surface area contributed by atoms with Crippen molar-refractivity contribution in [2.45, 2.75) is 103 Å². The summed E-state index contributed by atoms with van der Waals surface area (Å²) in [6.07, 6.45) is 18.0. The molecule has 0 aliphatic carbocycles. The average molecular weight is 333 g/mol. The van der Waals surface area contributed by atoms with Gasteiger partial charge in [-0.25, -0.2) is 0 Å². The van der Waals surface area contributed by atoms with Gasteiger partial charge in [0.1, 0.15) is 0 Å². The zero-order chi connectivity index (χ0) is 17.3. The summed E-state index contributed by atoms with van der Waals surface area (Å²) < 4.78 is 6.08. The average Bonchev–Trinajstić information content (AvgIpc) is 2.62. The summed E-state index contributed by atoms with van der Waals surface area (Å²) in [6, 6.07) is 10.7. The summed E-state index contributed by atoms with van der Waals surface area (Å²) in [5, 5.41) is 0. The van der Waals surface area contributed by atoms with Crippen LogP contribution in [0.15, 0.2) is 30.3 Å². The smallest absolute Gasteiger partial charge is 0.0572 e. The Labute approximate surface area is 151 Å². The molecule has 0 aliphatic heterocycles. The molecule has 0 heterocycles. The molecule has 0 aromatic heterocycles. The third-order valence-electron chi connectivity index (χ3n) is 4.92. The Balaban J connectivity index is 1.92. The van der Waals surface area contributed by atoms with Gasteiger partial charge in [0.2, 0.25) is 0 Å². The first-order valence-corrected chi connectivity index (χ1v) is 10.5. The minimum atomic E-state index is 0.461. The Morgan fingerprint density at radius 1 is 0.750 bits per heavy atom. The predicted molar refractivity (Wildman–Crippen MR) is 107 cm³/mol. The van der Waals surface area contributed by atoms with Crippen LogP contribution >= 0.6 is 0 Å². The lowest BCUT2D eigenvalue weighted by Gasteiger charge is -2.16. The van der Waals surface area contributed by atoms with Gasteiger partial charge < -0.3 is 4.74 Å². The van der Waals surface area contributed by atoms with Crippen molar-refractivity contribution < 1.29 is 4.74 Å². The summed E-state index contributed by atoms with van der Waals surface area (Å²) in [4.78, 5) is 0. The van der Waals surface area contributed by atoms with Gasteiger partial charge in [0.25, 0.3) is 0 Å². The third-order valence-corrected chi connectivity index (χ3v) is 4.92. The number of hydrogen-bond donors (Lipinski definition) is 0. The van der Waals surface area contributed by atoms with Crippen molar-refractivity contribution in [3.8, 4) is 0 Å². The molecule has 1 rings (SSSR count). The molecule has 0 spiro atoms. The van der Waals surface area contributed by atoms with Crippen LogP contribution in [0.25, 0.3) is 0 Å². The Morgan fingerprint density at radius 2 is 1.33 bits per heavy atom. The molecule has 1 atom stereocenters. The Hall–Kier alpha value is -0.820. The van der Waals surface area contributed by atoms with Crippen molar-refractivity contribution in [1.82, 2.24) is 0 Å². The molecule has 0 fully saturated rings. The lowest BCUT2D eigenvalue weighted by Crippen LogP contribution is -2.13. The van der Waals surface area contributed by atoms with Crippen LogP contribution < -0.4 is 0 Å². The summed E-state index contributed by atoms with van der Waals surface area (Å²) in [5.41, 5.74) is 1.38. The molecular formula is C23H40O. The fourth-order valence-corrected chi connectivity index (χ4v) is 3.25. The molecule has 0 saturated heterocycles. The van der Waals surface area contributed by atoms with Crippen molar-refractivity contribution in [3.63, 3.8) is 0 Å². The van der Waals surface area contributed by atoms with E-state index in [9.17, 15) is 0 Å². The second-order valence-electron chi connectivity index (χ2n) is 7.11. The van der Waals surface area contributed by atoms with Crippen LogP contribution in [0.1, 0.15) is 96.5 Å². The lowest BCUT2D eigenvalue weighted by atomic mass is 10.0. The van der Waals surface area contributed by atoms with Gasteiger partial charge in [-0.3, -0.25) is 0 Å². The van der Waals surface area contributed by atoms with Crippen LogP contribution in [0.2, 0.25) is 0 Å². The number of hydrogen-bond acceptors (Lipinski definition) is 1. The normalized spacial score (nSPS) is 12.4. The quantitative estimate of drug-likeness (QED) is 0.288. The minimum absolute atomic E-state index is 0.461. The van der Waals surface area contributed by atoms with Crippen LogP contribution in [0.3, 0.4) is 0 Å². The Morgan fingerprint density at radius 3 is 1.92 bits per heavy atom. The van der Waals surface area contributed by atoms with Gasteiger partial charge >= 0.3 is 0 Å². The summed E-state index contributed by atoms with van der Waals surface area (Å²) >= 11 is 0. The molecule has 1 nitrogen and oxygen atoms in total. The van der Waals surface area contributed by atoms with E-state index in [0.717, 1.165) is 19.4 Å². The highest BCUT2D eigenvalue weighted by Crippen LogP contribution is 2.14.